The van der Waals surface area contributed by atoms with Crippen molar-refractivity contribution in [1.29, 1.82) is 0 Å². The predicted octanol–water partition coefficient (Wildman–Crippen LogP) is -0.859. The first kappa shape index (κ1) is 13.0. The number of aromatic nitrogens is 2. The molecule has 2 heterocycles. The summed E-state index contributed by atoms with van der Waals surface area (Å²) < 4.78 is 12.2. The summed E-state index contributed by atoms with van der Waals surface area (Å²) in [6.07, 6.45) is 0.956. The summed E-state index contributed by atoms with van der Waals surface area (Å²) in [7, 11) is 0. The molecular formula is C11H16N2O5. The molecule has 1 aromatic heterocycles. The number of hydrogen-bond donors (Lipinski definition) is 2. The number of hydrogen-bond acceptors (Lipinski definition) is 5. The lowest BCUT2D eigenvalue weighted by Crippen LogP contribution is -2.36. The third-order valence-corrected chi connectivity index (χ3v) is 2.82. The smallest absolute Gasteiger partial charge is 0.330 e. The van der Waals surface area contributed by atoms with Gasteiger partial charge in [0.25, 0.3) is 5.56 Å². The zero-order valence-electron chi connectivity index (χ0n) is 10.1. The Kier molecular flexibility index (Phi) is 3.95. The summed E-state index contributed by atoms with van der Waals surface area (Å²) in [4.78, 5) is 25.2. The molecule has 100 valence electrons. The normalized spacial score (nSPS) is 24.8. The molecule has 0 amide bonds. The number of nitrogens with zero attached hydrogens (tertiary/aromatic N) is 1. The zero-order valence-corrected chi connectivity index (χ0v) is 10.1. The number of rotatable bonds is 2. The molecular weight excluding hydrogens is 240 g/mol. The van der Waals surface area contributed by atoms with Crippen LogP contribution in [0.4, 0.5) is 0 Å². The van der Waals surface area contributed by atoms with Crippen LogP contribution in [0.15, 0.2) is 15.8 Å². The van der Waals surface area contributed by atoms with Gasteiger partial charge >= 0.3 is 5.69 Å². The van der Waals surface area contributed by atoms with Gasteiger partial charge in [-0.1, -0.05) is 0 Å². The summed E-state index contributed by atoms with van der Waals surface area (Å²) >= 11 is 0. The van der Waals surface area contributed by atoms with Crippen LogP contribution in [-0.2, 0) is 9.47 Å². The third kappa shape index (κ3) is 2.69. The molecule has 2 rings (SSSR count). The van der Waals surface area contributed by atoms with Gasteiger partial charge in [0.1, 0.15) is 12.3 Å². The first-order valence-electron chi connectivity index (χ1n) is 5.78. The number of aryl methyl sites for hydroxylation is 1. The highest BCUT2D eigenvalue weighted by Gasteiger charge is 2.22. The lowest BCUT2D eigenvalue weighted by Gasteiger charge is -2.21. The molecule has 1 aromatic rings. The number of aliphatic hydroxyl groups is 1. The molecule has 0 aromatic carbocycles. The van der Waals surface area contributed by atoms with Crippen LogP contribution in [0.3, 0.4) is 0 Å². The highest BCUT2D eigenvalue weighted by molar-refractivity contribution is 5.01. The van der Waals surface area contributed by atoms with Crippen LogP contribution in [0.2, 0.25) is 0 Å². The molecule has 2 unspecified atom stereocenters. The third-order valence-electron chi connectivity index (χ3n) is 2.82. The van der Waals surface area contributed by atoms with E-state index in [9.17, 15) is 9.59 Å². The number of nitrogens with one attached hydrogen (secondary N) is 1. The van der Waals surface area contributed by atoms with E-state index in [1.54, 1.807) is 6.92 Å². The van der Waals surface area contributed by atoms with Crippen LogP contribution < -0.4 is 11.2 Å². The number of aliphatic hydroxyl groups excluding tert-OH is 1. The van der Waals surface area contributed by atoms with Crippen molar-refractivity contribution in [3.63, 3.8) is 0 Å². The number of H-pyrrole nitrogens is 1. The predicted molar refractivity (Wildman–Crippen MR) is 62.5 cm³/mol. The Balaban J connectivity index is 2.32. The van der Waals surface area contributed by atoms with Gasteiger partial charge < -0.3 is 14.6 Å². The Bertz CT molecular complexity index is 521. The van der Waals surface area contributed by atoms with Gasteiger partial charge in [0.15, 0.2) is 0 Å². The fourth-order valence-electron chi connectivity index (χ4n) is 1.83. The summed E-state index contributed by atoms with van der Waals surface area (Å²) in [5.41, 5.74) is -0.488. The van der Waals surface area contributed by atoms with Gasteiger partial charge in [0, 0.05) is 18.2 Å². The molecule has 0 spiro atoms. The first-order valence-corrected chi connectivity index (χ1v) is 5.78. The van der Waals surface area contributed by atoms with Crippen molar-refractivity contribution in [1.82, 2.24) is 9.55 Å². The maximum atomic E-state index is 11.7. The minimum Gasteiger partial charge on any atom is -0.394 e. The van der Waals surface area contributed by atoms with Gasteiger partial charge in [-0.05, 0) is 6.92 Å². The summed E-state index contributed by atoms with van der Waals surface area (Å²) in [5.74, 6) is 0. The topological polar surface area (TPSA) is 93.6 Å². The fraction of sp³-hybridized carbons (Fsp3) is 0.636. The molecule has 2 atom stereocenters. The average Bonchev–Trinajstić information content (AvgIpc) is 2.59. The van der Waals surface area contributed by atoms with Crippen LogP contribution in [0.5, 0.6) is 0 Å². The summed E-state index contributed by atoms with van der Waals surface area (Å²) in [6.45, 7) is 2.18. The quantitative estimate of drug-likeness (QED) is 0.718. The molecule has 1 fully saturated rings. The number of aromatic amines is 1. The second-order valence-electron chi connectivity index (χ2n) is 4.24. The van der Waals surface area contributed by atoms with E-state index >= 15 is 0 Å². The van der Waals surface area contributed by atoms with E-state index in [2.05, 4.69) is 4.98 Å². The van der Waals surface area contributed by atoms with E-state index in [1.807, 2.05) is 0 Å². The van der Waals surface area contributed by atoms with Gasteiger partial charge in [0.05, 0.1) is 19.8 Å². The van der Waals surface area contributed by atoms with E-state index in [1.165, 1.54) is 10.8 Å². The van der Waals surface area contributed by atoms with Gasteiger partial charge in [0.2, 0.25) is 0 Å². The van der Waals surface area contributed by atoms with Crippen molar-refractivity contribution in [2.75, 3.05) is 19.8 Å². The van der Waals surface area contributed by atoms with Crippen molar-refractivity contribution >= 4 is 0 Å². The average molecular weight is 256 g/mol. The number of ether oxygens (including phenoxy) is 2. The van der Waals surface area contributed by atoms with E-state index in [0.717, 1.165) is 0 Å². The Morgan fingerprint density at radius 2 is 2.33 bits per heavy atom. The highest BCUT2D eigenvalue weighted by atomic mass is 16.6. The van der Waals surface area contributed by atoms with Crippen molar-refractivity contribution in [2.45, 2.75) is 25.7 Å². The molecule has 1 aliphatic rings. The molecule has 0 radical (unpaired) electrons. The Labute approximate surface area is 103 Å². The van der Waals surface area contributed by atoms with Crippen LogP contribution in [0, 0.1) is 6.92 Å². The van der Waals surface area contributed by atoms with Crippen molar-refractivity contribution in [2.24, 2.45) is 0 Å². The van der Waals surface area contributed by atoms with Crippen LogP contribution in [0.25, 0.3) is 0 Å². The largest absolute Gasteiger partial charge is 0.394 e. The summed E-state index contributed by atoms with van der Waals surface area (Å²) in [5, 5.41) is 9.10. The van der Waals surface area contributed by atoms with E-state index in [-0.39, 0.29) is 6.61 Å². The van der Waals surface area contributed by atoms with Crippen molar-refractivity contribution in [3.8, 4) is 0 Å². The molecule has 1 saturated heterocycles. The second kappa shape index (κ2) is 5.47. The molecule has 0 saturated carbocycles. The van der Waals surface area contributed by atoms with E-state index in [4.69, 9.17) is 14.6 Å². The van der Waals surface area contributed by atoms with E-state index < -0.39 is 23.6 Å². The van der Waals surface area contributed by atoms with Crippen molar-refractivity contribution < 1.29 is 14.6 Å². The lowest BCUT2D eigenvalue weighted by atomic mass is 10.3. The van der Waals surface area contributed by atoms with Gasteiger partial charge in [-0.2, -0.15) is 0 Å². The highest BCUT2D eigenvalue weighted by Crippen LogP contribution is 2.17. The Morgan fingerprint density at radius 3 is 3.06 bits per heavy atom. The van der Waals surface area contributed by atoms with Gasteiger partial charge in [-0.15, -0.1) is 0 Å². The molecule has 7 nitrogen and oxygen atoms in total. The maximum Gasteiger partial charge on any atom is 0.330 e. The fourth-order valence-corrected chi connectivity index (χ4v) is 1.83. The molecule has 0 bridgehead atoms. The molecule has 1 aliphatic heterocycles. The van der Waals surface area contributed by atoms with Gasteiger partial charge in [-0.3, -0.25) is 14.3 Å². The van der Waals surface area contributed by atoms with Crippen molar-refractivity contribution in [3.05, 3.63) is 32.6 Å². The molecule has 7 heteroatoms. The van der Waals surface area contributed by atoms with E-state index in [0.29, 0.717) is 25.2 Å². The minimum absolute atomic E-state index is 0.173. The lowest BCUT2D eigenvalue weighted by molar-refractivity contribution is -0.0766. The van der Waals surface area contributed by atoms with Gasteiger partial charge in [-0.25, -0.2) is 4.79 Å². The Hall–Kier alpha value is -1.44. The molecule has 2 N–H and O–H groups in total. The second-order valence-corrected chi connectivity index (χ2v) is 4.24. The minimum atomic E-state index is -0.535. The first-order chi connectivity index (χ1) is 8.61. The van der Waals surface area contributed by atoms with Crippen LogP contribution >= 0.6 is 0 Å². The van der Waals surface area contributed by atoms with Crippen LogP contribution in [-0.4, -0.2) is 40.6 Å². The summed E-state index contributed by atoms with van der Waals surface area (Å²) in [6, 6.07) is 0. The molecule has 0 aliphatic carbocycles. The molecule has 18 heavy (non-hydrogen) atoms. The Morgan fingerprint density at radius 1 is 1.56 bits per heavy atom. The van der Waals surface area contributed by atoms with Crippen LogP contribution in [0.1, 0.15) is 18.2 Å². The zero-order chi connectivity index (χ0) is 13.1. The maximum absolute atomic E-state index is 11.7. The standard InChI is InChI=1S/C11H16N2O5/c1-7-4-13(11(16)12-10(7)15)9-2-3-17-6-8(5-14)18-9/h4,8-9,14H,2-3,5-6H2,1H3,(H,12,15,16). The SMILES string of the molecule is Cc1cn(C2CCOCC(CO)O2)c(=O)[nH]c1=O. The monoisotopic (exact) mass is 256 g/mol.